The normalized spacial score (nSPS) is 14.2. The van der Waals surface area contributed by atoms with Gasteiger partial charge in [0.25, 0.3) is 0 Å². The van der Waals surface area contributed by atoms with Crippen molar-refractivity contribution >= 4 is 39.1 Å². The molecule has 1 aromatic carbocycles. The Morgan fingerprint density at radius 1 is 1.23 bits per heavy atom. The van der Waals surface area contributed by atoms with Crippen LogP contribution in [0.1, 0.15) is 58.5 Å². The van der Waals surface area contributed by atoms with Crippen LogP contribution in [0.25, 0.3) is 0 Å². The molecule has 11 heteroatoms. The third-order valence-electron chi connectivity index (χ3n) is 4.18. The zero-order valence-electron chi connectivity index (χ0n) is 17.4. The van der Waals surface area contributed by atoms with Gasteiger partial charge in [-0.1, -0.05) is 54.6 Å². The summed E-state index contributed by atoms with van der Waals surface area (Å²) >= 11 is 11.8. The molecule has 0 saturated heterocycles. The van der Waals surface area contributed by atoms with Crippen LogP contribution in [0, 0.1) is 5.92 Å². The number of carbonyl (C=O) groups excluding carboxylic acids is 1. The highest BCUT2D eigenvalue weighted by Gasteiger charge is 2.31. The van der Waals surface area contributed by atoms with Crippen LogP contribution < -0.4 is 5.32 Å². The fourth-order valence-corrected chi connectivity index (χ4v) is 3.94. The number of ether oxygens (including phenoxy) is 1. The number of carbonyl (C=O) groups is 1. The number of hydrogen-bond acceptors (Lipinski definition) is 7. The molecule has 1 amide bonds. The molecule has 0 aliphatic rings. The number of halogens is 2. The van der Waals surface area contributed by atoms with Crippen molar-refractivity contribution in [3.05, 3.63) is 39.7 Å². The van der Waals surface area contributed by atoms with Crippen LogP contribution in [0.3, 0.4) is 0 Å². The Balaban J connectivity index is 2.25. The number of nitrogens with one attached hydrogen (secondary N) is 1. The average Bonchev–Trinajstić information content (AvgIpc) is 3.11. The lowest BCUT2D eigenvalue weighted by molar-refractivity contribution is 0.0473. The molecule has 1 unspecified atom stereocenters. The van der Waals surface area contributed by atoms with E-state index in [0.717, 1.165) is 0 Å². The Kier molecular flexibility index (Phi) is 7.76. The first kappa shape index (κ1) is 24.4. The van der Waals surface area contributed by atoms with Crippen LogP contribution in [0.2, 0.25) is 10.0 Å². The van der Waals surface area contributed by atoms with Crippen molar-refractivity contribution in [2.24, 2.45) is 5.92 Å². The van der Waals surface area contributed by atoms with Gasteiger partial charge >= 0.3 is 11.3 Å². The van der Waals surface area contributed by atoms with Gasteiger partial charge in [0.2, 0.25) is 15.7 Å². The van der Waals surface area contributed by atoms with Gasteiger partial charge in [-0.2, -0.15) is 0 Å². The number of nitrogens with zero attached hydrogens (tertiary/aromatic N) is 2. The monoisotopic (exact) mass is 477 g/mol. The van der Waals surface area contributed by atoms with Gasteiger partial charge in [0.05, 0.1) is 15.8 Å². The SMILES string of the molecule is CCC(C)[C@H](NC(=O)OC(C)(C)C)c1nnc(S(=O)(=O)Cc2ccc(Cl)c(Cl)c2)o1. The van der Waals surface area contributed by atoms with E-state index in [1.165, 1.54) is 12.1 Å². The van der Waals surface area contributed by atoms with E-state index in [2.05, 4.69) is 15.5 Å². The molecule has 0 fully saturated rings. The molecule has 0 saturated carbocycles. The van der Waals surface area contributed by atoms with Gasteiger partial charge in [-0.15, -0.1) is 5.10 Å². The van der Waals surface area contributed by atoms with Gasteiger partial charge in [-0.3, -0.25) is 0 Å². The van der Waals surface area contributed by atoms with Crippen molar-refractivity contribution in [1.82, 2.24) is 15.5 Å². The van der Waals surface area contributed by atoms with Crippen molar-refractivity contribution < 1.29 is 22.4 Å². The maximum atomic E-state index is 12.7. The second-order valence-corrected chi connectivity index (χ2v) is 10.6. The summed E-state index contributed by atoms with van der Waals surface area (Å²) in [6.45, 7) is 9.02. The van der Waals surface area contributed by atoms with E-state index < -0.39 is 32.8 Å². The lowest BCUT2D eigenvalue weighted by Crippen LogP contribution is -2.37. The number of benzene rings is 1. The molecule has 30 heavy (non-hydrogen) atoms. The highest BCUT2D eigenvalue weighted by Crippen LogP contribution is 2.28. The summed E-state index contributed by atoms with van der Waals surface area (Å²) in [7, 11) is -3.93. The zero-order chi connectivity index (χ0) is 22.7. The van der Waals surface area contributed by atoms with E-state index in [4.69, 9.17) is 32.4 Å². The predicted molar refractivity (Wildman–Crippen MR) is 113 cm³/mol. The first-order valence-electron chi connectivity index (χ1n) is 9.32. The smallest absolute Gasteiger partial charge is 0.408 e. The van der Waals surface area contributed by atoms with Gasteiger partial charge < -0.3 is 14.5 Å². The standard InChI is InChI=1S/C19H25Cl2N3O5S/c1-6-11(2)15(22-17(25)29-19(3,4)5)16-23-24-18(28-16)30(26,27)10-12-7-8-13(20)14(21)9-12/h7-9,11,15H,6,10H2,1-5H3,(H,22,25)/t11?,15-/m0/s1. The summed E-state index contributed by atoms with van der Waals surface area (Å²) in [5, 5.41) is 10.3. The Bertz CT molecular complexity index is 1000. The van der Waals surface area contributed by atoms with E-state index in [9.17, 15) is 13.2 Å². The molecule has 2 aromatic rings. The minimum absolute atomic E-state index is 0.0112. The molecule has 0 spiro atoms. The fourth-order valence-electron chi connectivity index (χ4n) is 2.50. The molecule has 2 atom stereocenters. The highest BCUT2D eigenvalue weighted by molar-refractivity contribution is 7.90. The molecule has 0 bridgehead atoms. The molecule has 1 heterocycles. The lowest BCUT2D eigenvalue weighted by atomic mass is 9.99. The summed E-state index contributed by atoms with van der Waals surface area (Å²) < 4.78 is 36.1. The Morgan fingerprint density at radius 3 is 2.47 bits per heavy atom. The Morgan fingerprint density at radius 2 is 1.90 bits per heavy atom. The molecule has 8 nitrogen and oxygen atoms in total. The molecule has 0 aliphatic carbocycles. The Labute approximate surface area is 186 Å². The summed E-state index contributed by atoms with van der Waals surface area (Å²) in [4.78, 5) is 12.2. The minimum Gasteiger partial charge on any atom is -0.444 e. The van der Waals surface area contributed by atoms with E-state index in [0.29, 0.717) is 17.0 Å². The van der Waals surface area contributed by atoms with Gasteiger partial charge in [0.1, 0.15) is 11.6 Å². The third-order valence-corrected chi connectivity index (χ3v) is 6.33. The average molecular weight is 478 g/mol. The maximum absolute atomic E-state index is 12.7. The maximum Gasteiger partial charge on any atom is 0.408 e. The molecule has 166 valence electrons. The molecular formula is C19H25Cl2N3O5S. The molecular weight excluding hydrogens is 453 g/mol. The predicted octanol–water partition coefficient (Wildman–Crippen LogP) is 4.96. The minimum atomic E-state index is -3.93. The van der Waals surface area contributed by atoms with E-state index in [1.54, 1.807) is 26.8 Å². The first-order valence-corrected chi connectivity index (χ1v) is 11.7. The van der Waals surface area contributed by atoms with Crippen LogP contribution in [0.4, 0.5) is 4.79 Å². The molecule has 0 aliphatic heterocycles. The van der Waals surface area contributed by atoms with E-state index >= 15 is 0 Å². The van der Waals surface area contributed by atoms with E-state index in [1.807, 2.05) is 13.8 Å². The lowest BCUT2D eigenvalue weighted by Gasteiger charge is -2.24. The number of hydrogen-bond donors (Lipinski definition) is 1. The summed E-state index contributed by atoms with van der Waals surface area (Å²) in [6, 6.07) is 3.82. The number of sulfone groups is 1. The number of rotatable bonds is 7. The van der Waals surface area contributed by atoms with Crippen molar-refractivity contribution in [3.8, 4) is 0 Å². The molecule has 1 aromatic heterocycles. The van der Waals surface area contributed by atoms with Crippen LogP contribution in [0.5, 0.6) is 0 Å². The van der Waals surface area contributed by atoms with Crippen molar-refractivity contribution in [3.63, 3.8) is 0 Å². The summed E-state index contributed by atoms with van der Waals surface area (Å²) in [6.07, 6.45) is 0.0139. The molecule has 2 rings (SSSR count). The van der Waals surface area contributed by atoms with Crippen LogP contribution in [-0.2, 0) is 20.3 Å². The highest BCUT2D eigenvalue weighted by atomic mass is 35.5. The summed E-state index contributed by atoms with van der Waals surface area (Å²) in [5.41, 5.74) is -0.262. The molecule has 1 N–H and O–H groups in total. The molecule has 0 radical (unpaired) electrons. The van der Waals surface area contributed by atoms with Crippen molar-refractivity contribution in [1.29, 1.82) is 0 Å². The quantitative estimate of drug-likeness (QED) is 0.599. The number of aromatic nitrogens is 2. The van der Waals surface area contributed by atoms with Crippen LogP contribution in [-0.4, -0.2) is 30.3 Å². The first-order chi connectivity index (χ1) is 13.8. The second-order valence-electron chi connectivity index (χ2n) is 7.92. The summed E-state index contributed by atoms with van der Waals surface area (Å²) in [5.74, 6) is -0.509. The van der Waals surface area contributed by atoms with Gasteiger partial charge in [-0.25, -0.2) is 13.2 Å². The fraction of sp³-hybridized carbons (Fsp3) is 0.526. The van der Waals surface area contributed by atoms with Crippen molar-refractivity contribution in [2.45, 2.75) is 63.7 Å². The van der Waals surface area contributed by atoms with Gasteiger partial charge in [0.15, 0.2) is 0 Å². The number of alkyl carbamates (subject to hydrolysis) is 1. The van der Waals surface area contributed by atoms with Crippen LogP contribution in [0.15, 0.2) is 27.8 Å². The topological polar surface area (TPSA) is 111 Å². The zero-order valence-corrected chi connectivity index (χ0v) is 19.7. The number of amides is 1. The van der Waals surface area contributed by atoms with Gasteiger partial charge in [-0.05, 0) is 44.4 Å². The van der Waals surface area contributed by atoms with Gasteiger partial charge in [0, 0.05) is 0 Å². The third kappa shape index (κ3) is 6.58. The Hall–Kier alpha value is -1.84. The second kappa shape index (κ2) is 9.53. The van der Waals surface area contributed by atoms with Crippen molar-refractivity contribution in [2.75, 3.05) is 0 Å². The van der Waals surface area contributed by atoms with Crippen LogP contribution >= 0.6 is 23.2 Å². The van der Waals surface area contributed by atoms with E-state index in [-0.39, 0.29) is 22.6 Å². The largest absolute Gasteiger partial charge is 0.444 e.